The third-order valence-corrected chi connectivity index (χ3v) is 5.58. The first-order valence-corrected chi connectivity index (χ1v) is 11.0. The van der Waals surface area contributed by atoms with E-state index >= 15 is 0 Å². The van der Waals surface area contributed by atoms with E-state index in [2.05, 4.69) is 30.0 Å². The van der Waals surface area contributed by atoms with Gasteiger partial charge in [0, 0.05) is 18.1 Å². The number of amides is 1. The van der Waals surface area contributed by atoms with E-state index in [1.807, 2.05) is 0 Å². The lowest BCUT2D eigenvalue weighted by molar-refractivity contribution is -0.119. The maximum atomic E-state index is 12.4. The number of ether oxygens (including phenoxy) is 1. The predicted octanol–water partition coefficient (Wildman–Crippen LogP) is 2.02. The molecule has 0 aliphatic heterocycles. The molecule has 0 saturated heterocycles. The monoisotopic (exact) mass is 464 g/mol. The Morgan fingerprint density at radius 1 is 0.879 bits per heavy atom. The Hall–Kier alpha value is -4.45. The zero-order chi connectivity index (χ0) is 23.3. The van der Waals surface area contributed by atoms with Crippen molar-refractivity contribution >= 4 is 44.6 Å². The van der Waals surface area contributed by atoms with Crippen LogP contribution in [0.5, 0.6) is 0 Å². The van der Waals surface area contributed by atoms with Gasteiger partial charge in [0.1, 0.15) is 0 Å². The van der Waals surface area contributed by atoms with Gasteiger partial charge in [0.05, 0.1) is 22.1 Å². The molecule has 2 N–H and O–H groups in total. The molecule has 4 aromatic rings. The summed E-state index contributed by atoms with van der Waals surface area (Å²) in [6.07, 6.45) is 4.09. The van der Waals surface area contributed by atoms with Crippen LogP contribution in [-0.2, 0) is 19.6 Å². The van der Waals surface area contributed by atoms with Crippen molar-refractivity contribution in [3.05, 3.63) is 78.9 Å². The van der Waals surface area contributed by atoms with Crippen molar-refractivity contribution in [2.24, 2.45) is 0 Å². The average Bonchev–Trinajstić information content (AvgIpc) is 2.83. The number of para-hydroxylation sites is 2. The predicted molar refractivity (Wildman–Crippen MR) is 118 cm³/mol. The molecule has 33 heavy (non-hydrogen) atoms. The van der Waals surface area contributed by atoms with Crippen LogP contribution in [0.25, 0.3) is 11.0 Å². The number of benzene rings is 2. The van der Waals surface area contributed by atoms with Gasteiger partial charge in [-0.25, -0.2) is 32.9 Å². The average molecular weight is 464 g/mol. The Bertz CT molecular complexity index is 1410. The van der Waals surface area contributed by atoms with Gasteiger partial charge in [-0.3, -0.25) is 9.78 Å². The number of nitrogens with one attached hydrogen (secondary N) is 2. The molecule has 4 rings (SSSR count). The molecule has 1 amide bonds. The molecule has 0 aliphatic carbocycles. The fourth-order valence-electron chi connectivity index (χ4n) is 2.71. The van der Waals surface area contributed by atoms with Gasteiger partial charge in [0.15, 0.2) is 12.3 Å². The van der Waals surface area contributed by atoms with Crippen LogP contribution >= 0.6 is 0 Å². The Morgan fingerprint density at radius 2 is 1.58 bits per heavy atom. The van der Waals surface area contributed by atoms with Gasteiger partial charge in [-0.2, -0.15) is 0 Å². The van der Waals surface area contributed by atoms with Crippen molar-refractivity contribution in [3.63, 3.8) is 0 Å². The molecule has 0 unspecified atom stereocenters. The van der Waals surface area contributed by atoms with E-state index in [9.17, 15) is 18.0 Å². The lowest BCUT2D eigenvalue weighted by atomic mass is 10.3. The van der Waals surface area contributed by atoms with E-state index in [1.165, 1.54) is 42.9 Å². The Morgan fingerprint density at radius 3 is 2.30 bits per heavy atom. The first kappa shape index (κ1) is 21.8. The summed E-state index contributed by atoms with van der Waals surface area (Å²) in [6, 6.07) is 14.0. The molecule has 166 valence electrons. The summed E-state index contributed by atoms with van der Waals surface area (Å²) in [5.41, 5.74) is 1.45. The van der Waals surface area contributed by atoms with Gasteiger partial charge >= 0.3 is 5.97 Å². The number of rotatable bonds is 7. The highest BCUT2D eigenvalue weighted by Crippen LogP contribution is 2.16. The number of carbonyl (C=O) groups excluding carboxylic acids is 2. The first-order valence-electron chi connectivity index (χ1n) is 9.49. The van der Waals surface area contributed by atoms with Crippen LogP contribution < -0.4 is 10.0 Å². The molecule has 11 nitrogen and oxygen atoms in total. The molecule has 0 radical (unpaired) electrons. The number of nitrogens with zero attached hydrogens (tertiary/aromatic N) is 4. The second kappa shape index (κ2) is 9.36. The number of hydrogen-bond donors (Lipinski definition) is 2. The third-order valence-electron chi connectivity index (χ3n) is 4.23. The van der Waals surface area contributed by atoms with Crippen LogP contribution in [0.15, 0.2) is 78.1 Å². The topological polar surface area (TPSA) is 153 Å². The fourth-order valence-corrected chi connectivity index (χ4v) is 3.66. The molecule has 0 fully saturated rings. The van der Waals surface area contributed by atoms with Crippen LogP contribution in [0, 0.1) is 0 Å². The highest BCUT2D eigenvalue weighted by molar-refractivity contribution is 7.92. The summed E-state index contributed by atoms with van der Waals surface area (Å²) < 4.78 is 32.0. The Balaban J connectivity index is 1.33. The molecule has 0 bridgehead atoms. The number of aromatic nitrogens is 4. The molecule has 2 heterocycles. The number of fused-ring (bicyclic) bond motifs is 1. The summed E-state index contributed by atoms with van der Waals surface area (Å²) in [5, 5.41) is 2.51. The van der Waals surface area contributed by atoms with Gasteiger partial charge in [-0.05, 0) is 42.5 Å². The van der Waals surface area contributed by atoms with Crippen LogP contribution in [0.4, 0.5) is 11.6 Å². The summed E-state index contributed by atoms with van der Waals surface area (Å²) in [4.78, 5) is 40.1. The van der Waals surface area contributed by atoms with E-state index in [0.717, 1.165) is 0 Å². The maximum Gasteiger partial charge on any atom is 0.359 e. The molecular formula is C21H16N6O5S. The molecule has 0 spiro atoms. The van der Waals surface area contributed by atoms with Crippen LogP contribution in [-0.4, -0.2) is 46.8 Å². The van der Waals surface area contributed by atoms with Crippen molar-refractivity contribution in [1.82, 2.24) is 19.9 Å². The SMILES string of the molecule is O=C(COC(=O)c1cnc2ccccc2n1)Nc1ccc(S(=O)(=O)Nc2ncccn2)cc1. The maximum absolute atomic E-state index is 12.4. The lowest BCUT2D eigenvalue weighted by Crippen LogP contribution is -2.21. The minimum absolute atomic E-state index is 0.0223. The normalized spacial score (nSPS) is 11.0. The molecular weight excluding hydrogens is 448 g/mol. The molecule has 0 atom stereocenters. The van der Waals surface area contributed by atoms with Crippen molar-refractivity contribution in [3.8, 4) is 0 Å². The number of anilines is 2. The van der Waals surface area contributed by atoms with Gasteiger partial charge in [-0.1, -0.05) is 12.1 Å². The lowest BCUT2D eigenvalue weighted by Gasteiger charge is -2.09. The number of esters is 1. The zero-order valence-corrected chi connectivity index (χ0v) is 17.7. The second-order valence-electron chi connectivity index (χ2n) is 6.57. The van der Waals surface area contributed by atoms with Crippen LogP contribution in [0.2, 0.25) is 0 Å². The van der Waals surface area contributed by atoms with E-state index in [1.54, 1.807) is 30.3 Å². The number of carbonyl (C=O) groups is 2. The molecule has 0 saturated carbocycles. The molecule has 2 aromatic carbocycles. The van der Waals surface area contributed by atoms with E-state index in [-0.39, 0.29) is 16.5 Å². The van der Waals surface area contributed by atoms with Crippen molar-refractivity contribution in [2.45, 2.75) is 4.90 Å². The quantitative estimate of drug-likeness (QED) is 0.391. The minimum atomic E-state index is -3.90. The zero-order valence-electron chi connectivity index (χ0n) is 16.9. The molecule has 12 heteroatoms. The highest BCUT2D eigenvalue weighted by Gasteiger charge is 2.16. The van der Waals surface area contributed by atoms with Crippen molar-refractivity contribution < 1.29 is 22.7 Å². The summed E-state index contributed by atoms with van der Waals surface area (Å²) >= 11 is 0. The largest absolute Gasteiger partial charge is 0.451 e. The van der Waals surface area contributed by atoms with Gasteiger partial charge in [0.2, 0.25) is 5.95 Å². The van der Waals surface area contributed by atoms with Gasteiger partial charge < -0.3 is 10.1 Å². The second-order valence-corrected chi connectivity index (χ2v) is 8.25. The van der Waals surface area contributed by atoms with Gasteiger partial charge in [-0.15, -0.1) is 0 Å². The molecule has 0 aliphatic rings. The van der Waals surface area contributed by atoms with E-state index in [0.29, 0.717) is 16.7 Å². The van der Waals surface area contributed by atoms with Gasteiger partial charge in [0.25, 0.3) is 15.9 Å². The smallest absolute Gasteiger partial charge is 0.359 e. The summed E-state index contributed by atoms with van der Waals surface area (Å²) in [7, 11) is -3.90. The van der Waals surface area contributed by atoms with Crippen LogP contribution in [0.3, 0.4) is 0 Å². The van der Waals surface area contributed by atoms with E-state index < -0.39 is 28.5 Å². The van der Waals surface area contributed by atoms with E-state index in [4.69, 9.17) is 4.74 Å². The third kappa shape index (κ3) is 5.43. The number of hydrogen-bond acceptors (Lipinski definition) is 9. The highest BCUT2D eigenvalue weighted by atomic mass is 32.2. The standard InChI is InChI=1S/C21H16N6O5S/c28-19(13-32-20(29)18-12-24-16-4-1-2-5-17(16)26-18)25-14-6-8-15(9-7-14)33(30,31)27-21-22-10-3-11-23-21/h1-12H,13H2,(H,25,28)(H,22,23,27). The molecule has 2 aromatic heterocycles. The summed E-state index contributed by atoms with van der Waals surface area (Å²) in [6.45, 7) is -0.555. The Labute approximate surface area is 187 Å². The minimum Gasteiger partial charge on any atom is -0.451 e. The fraction of sp³-hybridized carbons (Fsp3) is 0.0476. The number of sulfonamides is 1. The Kier molecular flexibility index (Phi) is 6.17. The van der Waals surface area contributed by atoms with Crippen molar-refractivity contribution in [1.29, 1.82) is 0 Å². The summed E-state index contributed by atoms with van der Waals surface area (Å²) in [5.74, 6) is -1.46. The van der Waals surface area contributed by atoms with Crippen molar-refractivity contribution in [2.75, 3.05) is 16.6 Å². The first-order chi connectivity index (χ1) is 15.9. The van der Waals surface area contributed by atoms with Crippen LogP contribution in [0.1, 0.15) is 10.5 Å².